The molecule has 1 atom stereocenters. The van der Waals surface area contributed by atoms with Crippen molar-refractivity contribution in [3.8, 4) is 0 Å². The smallest absolute Gasteiger partial charge is 0.336 e. The molecule has 21 heavy (non-hydrogen) atoms. The Hall–Kier alpha value is -0.610. The van der Waals surface area contributed by atoms with Crippen LogP contribution in [-0.4, -0.2) is 24.8 Å². The van der Waals surface area contributed by atoms with Crippen molar-refractivity contribution in [2.45, 2.75) is 57.4 Å². The molecule has 0 bridgehead atoms. The zero-order chi connectivity index (χ0) is 15.5. The molecule has 1 aliphatic heterocycles. The number of hydrogen-bond donors (Lipinski definition) is 0. The normalized spacial score (nSPS) is 18.0. The number of rotatable bonds is 11. The largest absolute Gasteiger partial charge is 0.467 e. The first-order chi connectivity index (χ1) is 10.1. The van der Waals surface area contributed by atoms with E-state index in [0.717, 1.165) is 18.6 Å². The number of hydrogen-bond acceptors (Lipinski definition) is 3. The predicted octanol–water partition coefficient (Wildman–Crippen LogP) is 5.13. The number of carbonyl (C=O) groups is 1. The third kappa shape index (κ3) is 9.10. The summed E-state index contributed by atoms with van der Waals surface area (Å²) >= 11 is 8.90. The van der Waals surface area contributed by atoms with Crippen LogP contribution in [0.25, 0.3) is 0 Å². The van der Waals surface area contributed by atoms with Crippen LogP contribution in [0, 0.1) is 0 Å². The van der Waals surface area contributed by atoms with Crippen LogP contribution < -0.4 is 0 Å². The van der Waals surface area contributed by atoms with E-state index in [2.05, 4.69) is 31.7 Å². The number of methoxy groups -OCH3 is 1. The zero-order valence-electron chi connectivity index (χ0n) is 12.5. The van der Waals surface area contributed by atoms with E-state index < -0.39 is 0 Å². The summed E-state index contributed by atoms with van der Waals surface area (Å²) in [6, 6.07) is -0.326. The van der Waals surface area contributed by atoms with Crippen LogP contribution in [0.4, 0.5) is 0 Å². The summed E-state index contributed by atoms with van der Waals surface area (Å²) in [5.74, 6) is -0.259. The van der Waals surface area contributed by atoms with Crippen molar-refractivity contribution in [1.29, 1.82) is 0 Å². The third-order valence-corrected chi connectivity index (χ3v) is 3.81. The number of allylic oxidation sites excluding steroid dienone is 2. The SMILES string of the molecule is COC(=O)C1N=C1C=CCCCCCCCCC=C(Cl)Br. The molecule has 0 N–H and O–H groups in total. The molecule has 0 aromatic heterocycles. The maximum atomic E-state index is 11.1. The maximum Gasteiger partial charge on any atom is 0.336 e. The molecule has 0 radical (unpaired) electrons. The van der Waals surface area contributed by atoms with Crippen LogP contribution in [0.1, 0.15) is 51.4 Å². The van der Waals surface area contributed by atoms with E-state index in [1.807, 2.05) is 12.2 Å². The Balaban J connectivity index is 1.86. The molecule has 0 saturated carbocycles. The molecule has 0 saturated heterocycles. The summed E-state index contributed by atoms with van der Waals surface area (Å²) in [7, 11) is 1.39. The average molecular weight is 377 g/mol. The Morgan fingerprint density at radius 1 is 1.24 bits per heavy atom. The minimum absolute atomic E-state index is 0.259. The molecule has 0 amide bonds. The second-order valence-electron chi connectivity index (χ2n) is 5.07. The molecule has 1 aliphatic rings. The van der Waals surface area contributed by atoms with Crippen molar-refractivity contribution >= 4 is 39.2 Å². The summed E-state index contributed by atoms with van der Waals surface area (Å²) in [4.78, 5) is 15.2. The van der Waals surface area contributed by atoms with E-state index in [1.165, 1.54) is 45.6 Å². The number of carbonyl (C=O) groups excluding carboxylic acids is 1. The van der Waals surface area contributed by atoms with E-state index in [4.69, 9.17) is 11.6 Å². The molecular formula is C16H23BrClNO2. The Morgan fingerprint density at radius 3 is 2.48 bits per heavy atom. The lowest BCUT2D eigenvalue weighted by molar-refractivity contribution is -0.139. The molecule has 1 heterocycles. The fourth-order valence-electron chi connectivity index (χ4n) is 2.06. The number of aliphatic imine (C=N–C) groups is 1. The van der Waals surface area contributed by atoms with Crippen molar-refractivity contribution in [2.24, 2.45) is 4.99 Å². The highest BCUT2D eigenvalue weighted by Gasteiger charge is 2.33. The van der Waals surface area contributed by atoms with E-state index in [1.54, 1.807) is 0 Å². The molecule has 0 aliphatic carbocycles. The van der Waals surface area contributed by atoms with E-state index in [0.29, 0.717) is 3.94 Å². The van der Waals surface area contributed by atoms with Crippen molar-refractivity contribution in [3.05, 3.63) is 22.2 Å². The lowest BCUT2D eigenvalue weighted by Gasteiger charge is -1.99. The average Bonchev–Trinajstić information content (AvgIpc) is 3.23. The topological polar surface area (TPSA) is 38.7 Å². The van der Waals surface area contributed by atoms with Crippen LogP contribution in [0.5, 0.6) is 0 Å². The molecule has 5 heteroatoms. The van der Waals surface area contributed by atoms with Crippen LogP contribution in [0.2, 0.25) is 0 Å². The van der Waals surface area contributed by atoms with Crippen LogP contribution >= 0.6 is 27.5 Å². The lowest BCUT2D eigenvalue weighted by atomic mass is 10.1. The Kier molecular flexibility index (Phi) is 9.68. The minimum atomic E-state index is -0.326. The summed E-state index contributed by atoms with van der Waals surface area (Å²) in [5, 5.41) is 0. The van der Waals surface area contributed by atoms with Crippen LogP contribution in [0.3, 0.4) is 0 Å². The van der Waals surface area contributed by atoms with Crippen LogP contribution in [0.15, 0.2) is 27.2 Å². The summed E-state index contributed by atoms with van der Waals surface area (Å²) in [5.41, 5.74) is 0.848. The maximum absolute atomic E-state index is 11.1. The van der Waals surface area contributed by atoms with E-state index >= 15 is 0 Å². The monoisotopic (exact) mass is 375 g/mol. The van der Waals surface area contributed by atoms with Gasteiger partial charge >= 0.3 is 5.97 Å². The number of esters is 1. The summed E-state index contributed by atoms with van der Waals surface area (Å²) < 4.78 is 5.33. The van der Waals surface area contributed by atoms with Crippen molar-refractivity contribution in [1.82, 2.24) is 0 Å². The second-order valence-corrected chi connectivity index (χ2v) is 6.79. The number of unbranched alkanes of at least 4 members (excludes halogenated alkanes) is 7. The first-order valence-electron chi connectivity index (χ1n) is 7.48. The van der Waals surface area contributed by atoms with Gasteiger partial charge in [-0.1, -0.05) is 49.4 Å². The highest BCUT2D eigenvalue weighted by molar-refractivity contribution is 9.12. The Bertz CT molecular complexity index is 415. The van der Waals surface area contributed by atoms with Gasteiger partial charge < -0.3 is 4.74 Å². The van der Waals surface area contributed by atoms with Gasteiger partial charge in [-0.05, 0) is 47.7 Å². The van der Waals surface area contributed by atoms with E-state index in [9.17, 15) is 4.79 Å². The van der Waals surface area contributed by atoms with Gasteiger partial charge in [-0.3, -0.25) is 4.99 Å². The molecule has 3 nitrogen and oxygen atoms in total. The first kappa shape index (κ1) is 18.4. The fraction of sp³-hybridized carbons (Fsp3) is 0.625. The Labute approximate surface area is 140 Å². The lowest BCUT2D eigenvalue weighted by Crippen LogP contribution is -2.12. The fourth-order valence-corrected chi connectivity index (χ4v) is 2.40. The van der Waals surface area contributed by atoms with Gasteiger partial charge in [0.2, 0.25) is 0 Å². The Morgan fingerprint density at radius 2 is 1.86 bits per heavy atom. The minimum Gasteiger partial charge on any atom is -0.467 e. The summed E-state index contributed by atoms with van der Waals surface area (Å²) in [6.07, 6.45) is 15.6. The van der Waals surface area contributed by atoms with Gasteiger partial charge in [0, 0.05) is 0 Å². The number of halogens is 2. The quantitative estimate of drug-likeness (QED) is 0.370. The van der Waals surface area contributed by atoms with Crippen molar-refractivity contribution in [2.75, 3.05) is 7.11 Å². The number of ether oxygens (including phenoxy) is 1. The summed E-state index contributed by atoms with van der Waals surface area (Å²) in [6.45, 7) is 0. The molecule has 0 spiro atoms. The van der Waals surface area contributed by atoms with Crippen molar-refractivity contribution < 1.29 is 9.53 Å². The third-order valence-electron chi connectivity index (χ3n) is 3.33. The highest BCUT2D eigenvalue weighted by atomic mass is 79.9. The second kappa shape index (κ2) is 11.0. The molecular weight excluding hydrogens is 354 g/mol. The van der Waals surface area contributed by atoms with Gasteiger partial charge in [0.05, 0.1) is 16.8 Å². The predicted molar refractivity (Wildman–Crippen MR) is 92.2 cm³/mol. The van der Waals surface area contributed by atoms with Gasteiger partial charge in [0.1, 0.15) is 0 Å². The van der Waals surface area contributed by atoms with Gasteiger partial charge in [0.25, 0.3) is 0 Å². The van der Waals surface area contributed by atoms with Gasteiger partial charge in [-0.25, -0.2) is 4.79 Å². The molecule has 0 fully saturated rings. The van der Waals surface area contributed by atoms with Gasteiger partial charge in [-0.2, -0.15) is 0 Å². The first-order valence-corrected chi connectivity index (χ1v) is 8.65. The van der Waals surface area contributed by atoms with Crippen LogP contribution in [-0.2, 0) is 9.53 Å². The van der Waals surface area contributed by atoms with Gasteiger partial charge in [0.15, 0.2) is 6.04 Å². The molecule has 1 unspecified atom stereocenters. The standard InChI is InChI=1S/C16H23BrClNO2/c1-21-16(20)15-13(19-15)11-9-7-5-3-2-4-6-8-10-12-14(17)18/h9,11-12,15H,2-8,10H2,1H3. The zero-order valence-corrected chi connectivity index (χ0v) is 14.8. The molecule has 0 aromatic rings. The molecule has 1 rings (SSSR count). The van der Waals surface area contributed by atoms with Crippen molar-refractivity contribution in [3.63, 3.8) is 0 Å². The van der Waals surface area contributed by atoms with Gasteiger partial charge in [-0.15, -0.1) is 0 Å². The molecule has 118 valence electrons. The van der Waals surface area contributed by atoms with E-state index in [-0.39, 0.29) is 12.0 Å². The molecule has 0 aromatic carbocycles. The number of nitrogens with zero attached hydrogens (tertiary/aromatic N) is 1. The highest BCUT2D eigenvalue weighted by Crippen LogP contribution is 2.16.